The minimum absolute atomic E-state index is 0.206. The van der Waals surface area contributed by atoms with Crippen molar-refractivity contribution in [2.24, 2.45) is 0 Å². The molecule has 0 atom stereocenters. The first-order chi connectivity index (χ1) is 9.78. The monoisotopic (exact) mass is 332 g/mol. The van der Waals surface area contributed by atoms with E-state index in [1.54, 1.807) is 11.4 Å². The van der Waals surface area contributed by atoms with Crippen molar-refractivity contribution < 1.29 is 18.3 Å². The number of β-amino-alcohol motifs (C(OH)–C–C–N with tert-alkyl or cyclic N) is 1. The fourth-order valence-corrected chi connectivity index (χ4v) is 4.72. The second-order valence-corrected chi connectivity index (χ2v) is 8.64. The first-order valence-electron chi connectivity index (χ1n) is 6.78. The molecule has 6 nitrogen and oxygen atoms in total. The lowest BCUT2D eigenvalue weighted by molar-refractivity contribution is -0.156. The maximum Gasteiger partial charge on any atom is 0.252 e. The standard InChI is InChI=1S/C13H20N2O4S2/c1-3-6-13(17)9-15(10-13)11(16)8-14(2)21(18,19)12-5-4-7-20-12/h4-5,7,17H,3,6,8-10H2,1-2H3. The molecule has 0 aliphatic carbocycles. The molecule has 0 bridgehead atoms. The molecule has 0 radical (unpaired) electrons. The van der Waals surface area contributed by atoms with Crippen LogP contribution in [0.1, 0.15) is 19.8 Å². The number of sulfonamides is 1. The van der Waals surface area contributed by atoms with E-state index in [2.05, 4.69) is 0 Å². The molecule has 1 N–H and O–H groups in total. The van der Waals surface area contributed by atoms with Gasteiger partial charge in [-0.1, -0.05) is 19.4 Å². The molecular formula is C13H20N2O4S2. The SMILES string of the molecule is CCCC1(O)CN(C(=O)CN(C)S(=O)(=O)c2cccs2)C1. The summed E-state index contributed by atoms with van der Waals surface area (Å²) in [5.74, 6) is -0.279. The lowest BCUT2D eigenvalue weighted by atomic mass is 9.89. The zero-order valence-electron chi connectivity index (χ0n) is 12.2. The third-order valence-electron chi connectivity index (χ3n) is 3.56. The molecule has 0 unspecified atom stereocenters. The molecule has 8 heteroatoms. The van der Waals surface area contributed by atoms with Gasteiger partial charge in [0.15, 0.2) is 0 Å². The highest BCUT2D eigenvalue weighted by molar-refractivity contribution is 7.91. The Morgan fingerprint density at radius 2 is 2.19 bits per heavy atom. The lowest BCUT2D eigenvalue weighted by Gasteiger charge is -2.46. The van der Waals surface area contributed by atoms with Crippen molar-refractivity contribution in [3.05, 3.63) is 17.5 Å². The summed E-state index contributed by atoms with van der Waals surface area (Å²) < 4.78 is 25.7. The van der Waals surface area contributed by atoms with Gasteiger partial charge in [0.05, 0.1) is 25.2 Å². The van der Waals surface area contributed by atoms with Crippen LogP contribution in [0.2, 0.25) is 0 Å². The Morgan fingerprint density at radius 1 is 1.52 bits per heavy atom. The van der Waals surface area contributed by atoms with Crippen molar-refractivity contribution in [1.82, 2.24) is 9.21 Å². The molecule has 1 aliphatic rings. The van der Waals surface area contributed by atoms with Crippen molar-refractivity contribution in [3.8, 4) is 0 Å². The summed E-state index contributed by atoms with van der Waals surface area (Å²) in [7, 11) is -2.21. The van der Waals surface area contributed by atoms with Crippen molar-refractivity contribution in [3.63, 3.8) is 0 Å². The molecule has 1 aromatic rings. The van der Waals surface area contributed by atoms with Crippen LogP contribution in [0.25, 0.3) is 0 Å². The van der Waals surface area contributed by atoms with Crippen LogP contribution < -0.4 is 0 Å². The van der Waals surface area contributed by atoms with Gasteiger partial charge in [0.2, 0.25) is 5.91 Å². The Bertz CT molecular complexity index is 592. The van der Waals surface area contributed by atoms with E-state index in [1.165, 1.54) is 18.0 Å². The normalized spacial score (nSPS) is 17.8. The van der Waals surface area contributed by atoms with Crippen LogP contribution >= 0.6 is 11.3 Å². The molecule has 2 rings (SSSR count). The Morgan fingerprint density at radius 3 is 2.71 bits per heavy atom. The average Bonchev–Trinajstić information content (AvgIpc) is 2.90. The van der Waals surface area contributed by atoms with E-state index in [0.717, 1.165) is 22.1 Å². The average molecular weight is 332 g/mol. The van der Waals surface area contributed by atoms with Crippen LogP contribution in [0.15, 0.2) is 21.7 Å². The number of thiophene rings is 1. The predicted molar refractivity (Wildman–Crippen MR) is 80.6 cm³/mol. The smallest absolute Gasteiger partial charge is 0.252 e. The second-order valence-electron chi connectivity index (χ2n) is 5.42. The number of nitrogens with zero attached hydrogens (tertiary/aromatic N) is 2. The summed E-state index contributed by atoms with van der Waals surface area (Å²) in [5.41, 5.74) is -0.796. The van der Waals surface area contributed by atoms with Gasteiger partial charge in [-0.05, 0) is 17.9 Å². The molecule has 1 aliphatic heterocycles. The zero-order valence-corrected chi connectivity index (χ0v) is 13.8. The summed E-state index contributed by atoms with van der Waals surface area (Å²) in [6.07, 6.45) is 1.51. The molecule has 1 saturated heterocycles. The number of carbonyl (C=O) groups is 1. The molecule has 118 valence electrons. The fraction of sp³-hybridized carbons (Fsp3) is 0.615. The first kappa shape index (κ1) is 16.4. The van der Waals surface area contributed by atoms with Gasteiger partial charge in [0, 0.05) is 7.05 Å². The van der Waals surface area contributed by atoms with E-state index in [9.17, 15) is 18.3 Å². The highest BCUT2D eigenvalue weighted by atomic mass is 32.2. The Balaban J connectivity index is 1.92. The van der Waals surface area contributed by atoms with Crippen molar-refractivity contribution in [2.75, 3.05) is 26.7 Å². The lowest BCUT2D eigenvalue weighted by Crippen LogP contribution is -2.64. The molecule has 0 spiro atoms. The number of aliphatic hydroxyl groups is 1. The minimum atomic E-state index is -3.61. The van der Waals surface area contributed by atoms with Gasteiger partial charge in [0.25, 0.3) is 10.0 Å². The maximum atomic E-state index is 12.2. The number of hydrogen-bond donors (Lipinski definition) is 1. The Kier molecular flexibility index (Phi) is 4.72. The van der Waals surface area contributed by atoms with Gasteiger partial charge >= 0.3 is 0 Å². The van der Waals surface area contributed by atoms with Crippen LogP contribution in [-0.4, -0.2) is 60.9 Å². The van der Waals surface area contributed by atoms with E-state index >= 15 is 0 Å². The number of hydrogen-bond acceptors (Lipinski definition) is 5. The number of likely N-dealkylation sites (tertiary alicyclic amines) is 1. The summed E-state index contributed by atoms with van der Waals surface area (Å²) in [6, 6.07) is 3.18. The second kappa shape index (κ2) is 6.04. The summed E-state index contributed by atoms with van der Waals surface area (Å²) >= 11 is 1.13. The van der Waals surface area contributed by atoms with Gasteiger partial charge in [-0.15, -0.1) is 11.3 Å². The molecule has 1 fully saturated rings. The van der Waals surface area contributed by atoms with Gasteiger partial charge < -0.3 is 10.0 Å². The van der Waals surface area contributed by atoms with E-state index < -0.39 is 15.6 Å². The topological polar surface area (TPSA) is 77.9 Å². The minimum Gasteiger partial charge on any atom is -0.386 e. The zero-order chi connectivity index (χ0) is 15.7. The van der Waals surface area contributed by atoms with Crippen molar-refractivity contribution in [2.45, 2.75) is 29.6 Å². The van der Waals surface area contributed by atoms with Crippen molar-refractivity contribution in [1.29, 1.82) is 0 Å². The van der Waals surface area contributed by atoms with E-state index in [1.807, 2.05) is 6.92 Å². The highest BCUT2D eigenvalue weighted by Crippen LogP contribution is 2.26. The Labute approximate surface area is 129 Å². The maximum absolute atomic E-state index is 12.2. The predicted octanol–water partition coefficient (Wildman–Crippen LogP) is 0.742. The Hall–Kier alpha value is -0.960. The largest absolute Gasteiger partial charge is 0.386 e. The van der Waals surface area contributed by atoms with Crippen LogP contribution in [-0.2, 0) is 14.8 Å². The summed E-state index contributed by atoms with van der Waals surface area (Å²) in [4.78, 5) is 13.6. The molecule has 21 heavy (non-hydrogen) atoms. The van der Waals surface area contributed by atoms with Crippen LogP contribution in [0.5, 0.6) is 0 Å². The molecule has 1 amide bonds. The molecule has 1 aromatic heterocycles. The van der Waals surface area contributed by atoms with E-state index in [0.29, 0.717) is 6.42 Å². The fourth-order valence-electron chi connectivity index (χ4n) is 2.40. The molecule has 0 aromatic carbocycles. The number of carbonyl (C=O) groups excluding carboxylic acids is 1. The van der Waals surface area contributed by atoms with Crippen LogP contribution in [0.4, 0.5) is 0 Å². The highest BCUT2D eigenvalue weighted by Gasteiger charge is 2.43. The number of rotatable bonds is 6. The van der Waals surface area contributed by atoms with Crippen LogP contribution in [0.3, 0.4) is 0 Å². The van der Waals surface area contributed by atoms with E-state index in [-0.39, 0.29) is 29.8 Å². The van der Waals surface area contributed by atoms with Gasteiger partial charge in [0.1, 0.15) is 4.21 Å². The first-order valence-corrected chi connectivity index (χ1v) is 9.10. The summed E-state index contributed by atoms with van der Waals surface area (Å²) in [5, 5.41) is 11.7. The number of amides is 1. The molecule has 0 saturated carbocycles. The van der Waals surface area contributed by atoms with E-state index in [4.69, 9.17) is 0 Å². The van der Waals surface area contributed by atoms with Crippen molar-refractivity contribution >= 4 is 27.3 Å². The summed E-state index contributed by atoms with van der Waals surface area (Å²) in [6.45, 7) is 2.34. The van der Waals surface area contributed by atoms with Gasteiger partial charge in [-0.3, -0.25) is 4.79 Å². The molecule has 2 heterocycles. The van der Waals surface area contributed by atoms with Gasteiger partial charge in [-0.2, -0.15) is 4.31 Å². The third-order valence-corrected chi connectivity index (χ3v) is 6.73. The number of likely N-dealkylation sites (N-methyl/N-ethyl adjacent to an activating group) is 1. The molecular weight excluding hydrogens is 312 g/mol. The quantitative estimate of drug-likeness (QED) is 0.833. The third kappa shape index (κ3) is 3.45. The van der Waals surface area contributed by atoms with Crippen LogP contribution in [0, 0.1) is 0 Å². The van der Waals surface area contributed by atoms with Gasteiger partial charge in [-0.25, -0.2) is 8.42 Å².